The lowest BCUT2D eigenvalue weighted by Crippen LogP contribution is -2.27. The summed E-state index contributed by atoms with van der Waals surface area (Å²) in [7, 11) is 0. The molecule has 150 heavy (non-hydrogen) atoms. The number of aromatic nitrogens is 4. The smallest absolute Gasteiger partial charge is 0.311 e. The molecule has 4 unspecified atom stereocenters. The van der Waals surface area contributed by atoms with E-state index in [1.165, 1.54) is 120 Å². The highest BCUT2D eigenvalue weighted by atomic mass is 32.1. The number of benzene rings is 11. The molecule has 1 amide bonds. The molecule has 0 N–H and O–H groups in total. The lowest BCUT2D eigenvalue weighted by molar-refractivity contribution is 0.0743. The quantitative estimate of drug-likeness (QED) is 0.0149. The minimum atomic E-state index is -1.23. The van der Waals surface area contributed by atoms with Gasteiger partial charge in [-0.15, -0.1) is 0 Å². The number of thiophene rings is 4. The molecule has 0 spiro atoms. The Labute approximate surface area is 877 Å². The molecule has 0 bridgehead atoms. The molecule has 0 fully saturated rings. The van der Waals surface area contributed by atoms with Crippen LogP contribution in [0.15, 0.2) is 261 Å². The van der Waals surface area contributed by atoms with Crippen molar-refractivity contribution in [3.63, 3.8) is 0 Å². The van der Waals surface area contributed by atoms with Crippen molar-refractivity contribution >= 4 is 147 Å². The second kappa shape index (κ2) is 44.8. The Hall–Kier alpha value is -16.3. The zero-order chi connectivity index (χ0) is 105. The van der Waals surface area contributed by atoms with Crippen molar-refractivity contribution in [2.24, 2.45) is 0 Å². The molecule has 0 saturated heterocycles. The number of Topliss-reactive ketones (excluding diaryl/α,β-unsaturated/α-hetero) is 5. The molecular weight excluding hydrogens is 1980 g/mol. The van der Waals surface area contributed by atoms with Crippen LogP contribution in [0.1, 0.15) is 236 Å². The van der Waals surface area contributed by atoms with Gasteiger partial charge in [-0.1, -0.05) is 164 Å². The number of ketones is 6. The number of amides is 1. The molecule has 0 saturated carbocycles. The Balaban J connectivity index is 0.000000126. The largest absolute Gasteiger partial charge is 0.330 e. The maximum Gasteiger partial charge on any atom is 0.311 e. The fourth-order valence-corrected chi connectivity index (χ4v) is 26.9. The first-order valence-electron chi connectivity index (χ1n) is 49.0. The monoisotopic (exact) mass is 2070 g/mol. The van der Waals surface area contributed by atoms with Crippen LogP contribution >= 0.6 is 45.3 Å². The molecule has 7 heterocycles. The SMILES string of the molecule is [C-]#[N+]c1c(CC(=O)c2ccccc2F)sc2c1CCC(c1cccc3c1CN(C(=O)c1cnc(F)nc1F)C3)C2.[C-]#[N+]c1c(CC(=O)c2ccccc2F)sc2c1CCC(c1cccc3ccc(-n4ccnc4C=C)cc13)C2.[C-]#[N+]c1c(CC(=O)c2ccccc2F)sc2c1CCC(c1cccc3ccc(C(=O)C=C(C)C)cc13)C2.[C-]#[N+]c1c(CC(=O)c2ccccc2F)sc2c1CCC(c1cccc3ccc(C(=O)CF)cc13)C2. The average Bonchev–Trinajstić information content (AvgIpc) is 1.58. The van der Waals surface area contributed by atoms with Crippen molar-refractivity contribution in [1.29, 1.82) is 0 Å². The second-order valence-electron chi connectivity index (χ2n) is 37.9. The summed E-state index contributed by atoms with van der Waals surface area (Å²) in [5.41, 5.74) is 15.8. The van der Waals surface area contributed by atoms with Crippen LogP contribution < -0.4 is 0 Å². The van der Waals surface area contributed by atoms with Crippen LogP contribution in [-0.2, 0) is 90.1 Å². The minimum absolute atomic E-state index is 0.00392. The molecule has 6 aromatic heterocycles. The molecule has 27 heteroatoms. The maximum atomic E-state index is 14.2. The third-order valence-corrected chi connectivity index (χ3v) is 33.7. The van der Waals surface area contributed by atoms with Crippen LogP contribution in [0.2, 0.25) is 0 Å². The summed E-state index contributed by atoms with van der Waals surface area (Å²) in [6.07, 6.45) is 16.2. The molecule has 4 atom stereocenters. The predicted octanol–water partition coefficient (Wildman–Crippen LogP) is 30.4. The summed E-state index contributed by atoms with van der Waals surface area (Å²) in [6.45, 7) is 38.3. The Bertz CT molecular complexity index is 8590. The number of fused-ring (bicyclic) bond motifs is 8. The van der Waals surface area contributed by atoms with Gasteiger partial charge in [-0.25, -0.2) is 51.3 Å². The van der Waals surface area contributed by atoms with Gasteiger partial charge in [-0.05, 0) is 307 Å². The number of carbonyl (C=O) groups excluding carboxylic acids is 7. The predicted molar refractivity (Wildman–Crippen MR) is 574 cm³/mol. The standard InChI is InChI=1S/C32H24FN3OS.C32H26FNO2S.C30H21F3N4O2S.C29H21F2NO2S/c1-3-31-35-15-16-36(31)22-13-11-20-7-6-9-23(26(20)18-22)21-12-14-25-29(17-21)38-30(32(25)34-2)19-28(37)24-8-4-5-10-27(24)33;1-19(2)15-28(35)22-12-11-20-7-6-9-23(26(20)16-22)21-13-14-25-30(17-21)37-31(32(25)34-3)18-29(36)24-8-4-5-10-27(24)33;1-34-27-20-10-9-16(11-25(20)40-26(27)12-24(38)19-6-2-3-8-23(19)31)18-7-4-5-17-14-37(15-22(17)18)29(39)21-13-35-30(33)36-28(21)32;1-32-29-22-12-11-18(20-7-4-5-17-9-10-19(13-23(17)20)26(34)16-30)14-27(22)35-28(29)15-25(33)21-6-2-3-8-24(21)31/h3-11,13,15-16,18,21H,1,12,14,17,19H2;4-12,15-16,21H,13-14,17-18H2,1-2H3;2-8,13,16H,9-12,14-15H2;2-10,13,18H,11-12,14-16H2. The second-order valence-corrected chi connectivity index (χ2v) is 42.7. The van der Waals surface area contributed by atoms with Gasteiger partial charge >= 0.3 is 6.08 Å². The van der Waals surface area contributed by atoms with Gasteiger partial charge in [0.25, 0.3) is 5.91 Å². The zero-order valence-corrected chi connectivity index (χ0v) is 84.6. The molecule has 1 aliphatic heterocycles. The van der Waals surface area contributed by atoms with Crippen LogP contribution in [0.5, 0.6) is 0 Å². The van der Waals surface area contributed by atoms with Crippen LogP contribution in [-0.4, -0.2) is 71.7 Å². The summed E-state index contributed by atoms with van der Waals surface area (Å²) >= 11 is 5.97. The van der Waals surface area contributed by atoms with E-state index in [1.54, 1.807) is 84.3 Å². The van der Waals surface area contributed by atoms with Crippen LogP contribution in [0.3, 0.4) is 0 Å². The van der Waals surface area contributed by atoms with Crippen LogP contribution in [0, 0.1) is 61.6 Å². The van der Waals surface area contributed by atoms with Gasteiger partial charge in [0, 0.05) is 93.7 Å². The summed E-state index contributed by atoms with van der Waals surface area (Å²) in [5, 5.41) is 6.51. The molecule has 5 aliphatic rings. The van der Waals surface area contributed by atoms with Gasteiger partial charge in [0.05, 0.1) is 48.5 Å². The normalized spacial score (nSPS) is 15.0. The van der Waals surface area contributed by atoms with Crippen molar-refractivity contribution in [1.82, 2.24) is 24.4 Å². The van der Waals surface area contributed by atoms with Gasteiger partial charge in [0.1, 0.15) is 34.7 Å². The first-order chi connectivity index (χ1) is 72.7. The fourth-order valence-electron chi connectivity index (χ4n) is 21.4. The van der Waals surface area contributed by atoms with Crippen molar-refractivity contribution in [3.05, 3.63) is 482 Å². The number of carbonyl (C=O) groups is 7. The van der Waals surface area contributed by atoms with E-state index >= 15 is 0 Å². The van der Waals surface area contributed by atoms with Gasteiger partial charge in [-0.3, -0.25) is 33.6 Å². The van der Waals surface area contributed by atoms with E-state index < -0.39 is 53.7 Å². The molecule has 744 valence electrons. The van der Waals surface area contributed by atoms with Crippen LogP contribution in [0.4, 0.5) is 53.5 Å². The highest BCUT2D eigenvalue weighted by Crippen LogP contribution is 2.52. The lowest BCUT2D eigenvalue weighted by Gasteiger charge is -2.25. The summed E-state index contributed by atoms with van der Waals surface area (Å²) in [4.78, 5) is 123. The van der Waals surface area contributed by atoms with Crippen molar-refractivity contribution in [2.75, 3.05) is 6.67 Å². The summed E-state index contributed by atoms with van der Waals surface area (Å²) in [5.74, 6) is -4.11. The first-order valence-corrected chi connectivity index (χ1v) is 52.3. The molecule has 0 radical (unpaired) electrons. The van der Waals surface area contributed by atoms with E-state index in [4.69, 9.17) is 26.3 Å². The topological polar surface area (TPSA) is 184 Å². The van der Waals surface area contributed by atoms with E-state index in [2.05, 4.69) is 95.5 Å². The molecular formula is C123H92F7N9O7S4. The summed E-state index contributed by atoms with van der Waals surface area (Å²) < 4.78 is 98.9. The Morgan fingerprint density at radius 2 is 0.787 bits per heavy atom. The van der Waals surface area contributed by atoms with Crippen molar-refractivity contribution in [3.8, 4) is 5.69 Å². The molecule has 16 nitrogen and oxygen atoms in total. The van der Waals surface area contributed by atoms with E-state index in [0.717, 1.165) is 172 Å². The number of alkyl halides is 1. The number of rotatable bonds is 23. The van der Waals surface area contributed by atoms with E-state index in [0.29, 0.717) is 75.4 Å². The number of nitrogens with zero attached hydrogens (tertiary/aromatic N) is 9. The van der Waals surface area contributed by atoms with Crippen molar-refractivity contribution < 1.29 is 64.3 Å². The van der Waals surface area contributed by atoms with E-state index in [1.807, 2.05) is 85.3 Å². The van der Waals surface area contributed by atoms with Gasteiger partial charge in [-0.2, -0.15) is 59.1 Å². The third kappa shape index (κ3) is 21.2. The van der Waals surface area contributed by atoms with Gasteiger partial charge in [0.2, 0.25) is 28.7 Å². The Morgan fingerprint density at radius 3 is 1.17 bits per heavy atom. The summed E-state index contributed by atoms with van der Waals surface area (Å²) in [6, 6.07) is 66.1. The molecule has 11 aromatic carbocycles. The van der Waals surface area contributed by atoms with Gasteiger partial charge in [0.15, 0.2) is 41.4 Å². The fraction of sp³-hybridized carbons (Fsp3) is 0.203. The Kier molecular flexibility index (Phi) is 30.6. The maximum absolute atomic E-state index is 14.2. The third-order valence-electron chi connectivity index (χ3n) is 28.7. The average molecular weight is 2070 g/mol. The highest BCUT2D eigenvalue weighted by Gasteiger charge is 2.38. The minimum Gasteiger partial charge on any atom is -0.330 e. The molecule has 4 aliphatic carbocycles. The van der Waals surface area contributed by atoms with Gasteiger partial charge < -0.3 is 9.47 Å². The Morgan fingerprint density at radius 1 is 0.413 bits per heavy atom. The highest BCUT2D eigenvalue weighted by molar-refractivity contribution is 7.14. The number of allylic oxidation sites excluding steroid dienone is 2. The number of halogens is 7. The zero-order valence-electron chi connectivity index (χ0n) is 81.4. The molecule has 22 rings (SSSR count). The first kappa shape index (κ1) is 102. The van der Waals surface area contributed by atoms with E-state index in [9.17, 15) is 64.3 Å². The number of imidazole rings is 1. The molecule has 17 aromatic rings. The number of hydrogen-bond donors (Lipinski definition) is 0. The number of hydrogen-bond acceptors (Lipinski definition) is 14. The lowest BCUT2D eigenvalue weighted by atomic mass is 9.81. The van der Waals surface area contributed by atoms with Crippen molar-refractivity contribution in [2.45, 2.75) is 153 Å². The van der Waals surface area contributed by atoms with E-state index in [-0.39, 0.29) is 107 Å². The van der Waals surface area contributed by atoms with Crippen LogP contribution in [0.25, 0.3) is 63.5 Å².